The molecule has 2 amide bonds. The van der Waals surface area contributed by atoms with E-state index in [1.807, 2.05) is 42.6 Å². The maximum absolute atomic E-state index is 13.3. The smallest absolute Gasteiger partial charge is 0.326 e. The Bertz CT molecular complexity index is 1410. The van der Waals surface area contributed by atoms with Gasteiger partial charge >= 0.3 is 6.03 Å². The molecule has 202 valence electrons. The summed E-state index contributed by atoms with van der Waals surface area (Å²) < 4.78 is 0. The van der Waals surface area contributed by atoms with E-state index in [1.165, 1.54) is 0 Å². The number of carbonyl (C=O) groups is 1. The minimum Gasteiger partial charge on any atom is -0.339 e. The van der Waals surface area contributed by atoms with Crippen LogP contribution in [0.2, 0.25) is 5.02 Å². The van der Waals surface area contributed by atoms with Gasteiger partial charge in [0.15, 0.2) is 0 Å². The Kier molecular flexibility index (Phi) is 7.67. The predicted molar refractivity (Wildman–Crippen MR) is 160 cm³/mol. The second-order valence-corrected chi connectivity index (χ2v) is 11.3. The van der Waals surface area contributed by atoms with Crippen LogP contribution >= 0.6 is 34.8 Å². The summed E-state index contributed by atoms with van der Waals surface area (Å²) in [5.41, 5.74) is 5.40. The molecule has 0 aromatic heterocycles. The van der Waals surface area contributed by atoms with Gasteiger partial charge in [-0.1, -0.05) is 47.5 Å². The highest BCUT2D eigenvalue weighted by Gasteiger charge is 2.35. The number of alkyl halides is 1. The van der Waals surface area contributed by atoms with Crippen LogP contribution in [0.3, 0.4) is 0 Å². The SMILES string of the molecule is O=C1NCc2c(-c3ccccc3Cl)cc(CN3CCN(C4=NCCC=N4)CC3)cc2N1C1=C(Cl)C=CCC1Cl. The molecular weight excluding hydrogens is 555 g/mol. The van der Waals surface area contributed by atoms with Crippen molar-refractivity contribution in [2.45, 2.75) is 31.3 Å². The summed E-state index contributed by atoms with van der Waals surface area (Å²) in [5, 5.41) is 3.74. The maximum atomic E-state index is 13.3. The Morgan fingerprint density at radius 2 is 1.87 bits per heavy atom. The van der Waals surface area contributed by atoms with Crippen molar-refractivity contribution in [1.29, 1.82) is 0 Å². The van der Waals surface area contributed by atoms with Gasteiger partial charge in [0, 0.05) is 74.6 Å². The Balaban J connectivity index is 1.37. The Morgan fingerprint density at radius 1 is 1.05 bits per heavy atom. The quantitative estimate of drug-likeness (QED) is 0.449. The normalized spacial score (nSPS) is 21.7. The number of amides is 2. The number of carbonyl (C=O) groups excluding carboxylic acids is 1. The van der Waals surface area contributed by atoms with Crippen LogP contribution in [0.5, 0.6) is 0 Å². The van der Waals surface area contributed by atoms with Crippen LogP contribution < -0.4 is 10.2 Å². The van der Waals surface area contributed by atoms with Crippen molar-refractivity contribution in [2.24, 2.45) is 9.98 Å². The zero-order chi connectivity index (χ0) is 26.9. The first-order valence-electron chi connectivity index (χ1n) is 13.2. The van der Waals surface area contributed by atoms with E-state index in [9.17, 15) is 4.79 Å². The number of nitrogens with one attached hydrogen (secondary N) is 1. The number of allylic oxidation sites excluding steroid dienone is 4. The molecule has 1 unspecified atom stereocenters. The van der Waals surface area contributed by atoms with Crippen LogP contribution in [0.25, 0.3) is 11.1 Å². The van der Waals surface area contributed by atoms with E-state index >= 15 is 0 Å². The summed E-state index contributed by atoms with van der Waals surface area (Å²) in [6.07, 6.45) is 7.21. The van der Waals surface area contributed by atoms with Crippen LogP contribution in [0.1, 0.15) is 24.0 Å². The van der Waals surface area contributed by atoms with E-state index in [0.29, 0.717) is 28.7 Å². The molecule has 3 heterocycles. The lowest BCUT2D eigenvalue weighted by molar-refractivity contribution is 0.174. The largest absolute Gasteiger partial charge is 0.339 e. The van der Waals surface area contributed by atoms with Gasteiger partial charge in [-0.3, -0.25) is 14.8 Å². The lowest BCUT2D eigenvalue weighted by atomic mass is 9.93. The maximum Gasteiger partial charge on any atom is 0.326 e. The van der Waals surface area contributed by atoms with Gasteiger partial charge in [-0.2, -0.15) is 0 Å². The second-order valence-electron chi connectivity index (χ2n) is 10.00. The van der Waals surface area contributed by atoms with E-state index in [4.69, 9.17) is 34.8 Å². The Labute approximate surface area is 243 Å². The molecule has 0 bridgehead atoms. The van der Waals surface area contributed by atoms with Gasteiger partial charge in [-0.05, 0) is 41.8 Å². The fourth-order valence-electron chi connectivity index (χ4n) is 5.54. The summed E-state index contributed by atoms with van der Waals surface area (Å²) >= 11 is 20.1. The third-order valence-corrected chi connectivity index (χ3v) is 8.51. The number of anilines is 1. The number of rotatable bonds is 4. The molecule has 1 N–H and O–H groups in total. The van der Waals surface area contributed by atoms with E-state index < -0.39 is 5.38 Å². The standard InChI is InChI=1S/C29H29Cl3N6O/c30-23-6-2-1-5-20(23)21-15-19(18-36-11-13-37(14-12-36)28-33-9-4-10-34-28)16-26-22(21)17-35-29(39)38(26)27-24(31)7-3-8-25(27)32/h1-3,5-7,9,15-16,25H,4,8,10-14,17-18H2,(H,35,39). The number of halogens is 3. The minimum atomic E-state index is -0.412. The summed E-state index contributed by atoms with van der Waals surface area (Å²) in [6, 6.07) is 11.9. The van der Waals surface area contributed by atoms with Crippen molar-refractivity contribution in [3.63, 3.8) is 0 Å². The van der Waals surface area contributed by atoms with Crippen LogP contribution in [-0.4, -0.2) is 66.1 Å². The molecule has 0 saturated carbocycles. The fourth-order valence-corrected chi connectivity index (χ4v) is 6.46. The molecule has 1 saturated heterocycles. The van der Waals surface area contributed by atoms with Crippen molar-refractivity contribution < 1.29 is 4.79 Å². The third kappa shape index (κ3) is 5.33. The zero-order valence-electron chi connectivity index (χ0n) is 21.4. The van der Waals surface area contributed by atoms with Gasteiger partial charge in [-0.25, -0.2) is 9.79 Å². The van der Waals surface area contributed by atoms with E-state index in [2.05, 4.69) is 37.2 Å². The highest BCUT2D eigenvalue weighted by Crippen LogP contribution is 2.42. The van der Waals surface area contributed by atoms with Crippen molar-refractivity contribution in [1.82, 2.24) is 15.1 Å². The average molecular weight is 584 g/mol. The number of fused-ring (bicyclic) bond motifs is 1. The molecule has 7 nitrogen and oxygen atoms in total. The molecule has 1 aliphatic carbocycles. The van der Waals surface area contributed by atoms with E-state index in [0.717, 1.165) is 79.6 Å². The molecule has 2 aromatic rings. The average Bonchev–Trinajstić information content (AvgIpc) is 2.95. The van der Waals surface area contributed by atoms with E-state index in [-0.39, 0.29) is 6.03 Å². The Morgan fingerprint density at radius 3 is 2.62 bits per heavy atom. The number of hydrogen-bond donors (Lipinski definition) is 1. The highest BCUT2D eigenvalue weighted by atomic mass is 35.5. The van der Waals surface area contributed by atoms with Crippen molar-refractivity contribution in [3.8, 4) is 11.1 Å². The number of guanidine groups is 1. The lowest BCUT2D eigenvalue weighted by Crippen LogP contribution is -2.48. The summed E-state index contributed by atoms with van der Waals surface area (Å²) in [6.45, 7) is 5.46. The van der Waals surface area contributed by atoms with Crippen molar-refractivity contribution in [3.05, 3.63) is 75.4 Å². The monoisotopic (exact) mass is 582 g/mol. The molecular formula is C29H29Cl3N6O. The van der Waals surface area contributed by atoms with E-state index in [1.54, 1.807) is 4.90 Å². The van der Waals surface area contributed by atoms with Gasteiger partial charge in [0.25, 0.3) is 0 Å². The topological polar surface area (TPSA) is 63.5 Å². The van der Waals surface area contributed by atoms with Crippen LogP contribution in [-0.2, 0) is 13.1 Å². The predicted octanol–water partition coefficient (Wildman–Crippen LogP) is 6.00. The molecule has 3 aliphatic heterocycles. The minimum absolute atomic E-state index is 0.235. The van der Waals surface area contributed by atoms with Gasteiger partial charge < -0.3 is 10.2 Å². The summed E-state index contributed by atoms with van der Waals surface area (Å²) in [5.74, 6) is 0.847. The fraction of sp³-hybridized carbons (Fsp3) is 0.345. The second kappa shape index (κ2) is 11.3. The van der Waals surface area contributed by atoms with Gasteiger partial charge in [0.05, 0.1) is 21.8 Å². The first-order chi connectivity index (χ1) is 19.0. The van der Waals surface area contributed by atoms with Gasteiger partial charge in [-0.15, -0.1) is 11.6 Å². The van der Waals surface area contributed by atoms with Crippen LogP contribution in [0.15, 0.2) is 69.3 Å². The van der Waals surface area contributed by atoms with Crippen molar-refractivity contribution in [2.75, 3.05) is 37.6 Å². The number of piperazine rings is 1. The Hall–Kier alpha value is -2.84. The zero-order valence-corrected chi connectivity index (χ0v) is 23.7. The first-order valence-corrected chi connectivity index (χ1v) is 14.4. The first kappa shape index (κ1) is 26.4. The summed E-state index contributed by atoms with van der Waals surface area (Å²) in [4.78, 5) is 28.7. The molecule has 1 atom stereocenters. The molecule has 6 rings (SSSR count). The molecule has 0 radical (unpaired) electrons. The highest BCUT2D eigenvalue weighted by molar-refractivity contribution is 6.34. The number of aliphatic imine (C=N–C) groups is 2. The number of hydrogen-bond acceptors (Lipinski definition) is 5. The lowest BCUT2D eigenvalue weighted by Gasteiger charge is -2.37. The molecule has 10 heteroatoms. The van der Waals surface area contributed by atoms with Gasteiger partial charge in [0.2, 0.25) is 5.96 Å². The molecule has 39 heavy (non-hydrogen) atoms. The van der Waals surface area contributed by atoms with Crippen LogP contribution in [0, 0.1) is 0 Å². The molecule has 1 fully saturated rings. The number of nitrogens with zero attached hydrogens (tertiary/aromatic N) is 5. The van der Waals surface area contributed by atoms with Gasteiger partial charge in [0.1, 0.15) is 0 Å². The number of benzene rings is 2. The number of urea groups is 1. The van der Waals surface area contributed by atoms with Crippen molar-refractivity contribution >= 4 is 58.7 Å². The molecule has 2 aromatic carbocycles. The molecule has 0 spiro atoms. The van der Waals surface area contributed by atoms with Crippen LogP contribution in [0.4, 0.5) is 10.5 Å². The molecule has 4 aliphatic rings. The third-order valence-electron chi connectivity index (χ3n) is 7.48. The summed E-state index contributed by atoms with van der Waals surface area (Å²) in [7, 11) is 0.